The SMILES string of the molecule is CC(=O)N(CCN)C(=O)CC1CCS(=O)(=O)CC1. The molecule has 0 aromatic carbocycles. The van der Waals surface area contributed by atoms with E-state index in [1.807, 2.05) is 0 Å². The quantitative estimate of drug-likeness (QED) is 0.749. The molecule has 0 unspecified atom stereocenters. The maximum absolute atomic E-state index is 11.9. The van der Waals surface area contributed by atoms with Crippen LogP contribution in [0, 0.1) is 5.92 Å². The first-order valence-corrected chi connectivity index (χ1v) is 7.89. The van der Waals surface area contributed by atoms with E-state index in [1.165, 1.54) is 6.92 Å². The summed E-state index contributed by atoms with van der Waals surface area (Å²) in [4.78, 5) is 24.3. The lowest BCUT2D eigenvalue weighted by Gasteiger charge is -2.24. The van der Waals surface area contributed by atoms with E-state index in [0.29, 0.717) is 12.8 Å². The molecular weight excluding hydrogens is 256 g/mol. The van der Waals surface area contributed by atoms with Gasteiger partial charge >= 0.3 is 0 Å². The molecule has 1 aliphatic rings. The van der Waals surface area contributed by atoms with Gasteiger partial charge in [-0.3, -0.25) is 14.5 Å². The zero-order chi connectivity index (χ0) is 13.8. The highest BCUT2D eigenvalue weighted by atomic mass is 32.2. The standard InChI is InChI=1S/C11H20N2O4S/c1-9(14)13(5-4-12)11(15)8-10-2-6-18(16,17)7-3-10/h10H,2-8,12H2,1H3. The Balaban J connectivity index is 2.51. The molecule has 0 bridgehead atoms. The molecule has 0 aromatic rings. The third-order valence-electron chi connectivity index (χ3n) is 3.17. The van der Waals surface area contributed by atoms with E-state index in [4.69, 9.17) is 5.73 Å². The predicted molar refractivity (Wildman–Crippen MR) is 67.4 cm³/mol. The van der Waals surface area contributed by atoms with Gasteiger partial charge in [0.25, 0.3) is 0 Å². The monoisotopic (exact) mass is 276 g/mol. The summed E-state index contributed by atoms with van der Waals surface area (Å²) in [6.45, 7) is 1.79. The normalized spacial score (nSPS) is 19.4. The zero-order valence-electron chi connectivity index (χ0n) is 10.6. The third kappa shape index (κ3) is 4.38. The highest BCUT2D eigenvalue weighted by Crippen LogP contribution is 2.22. The second kappa shape index (κ2) is 6.29. The summed E-state index contributed by atoms with van der Waals surface area (Å²) in [6.07, 6.45) is 1.24. The van der Waals surface area contributed by atoms with Crippen LogP contribution in [-0.2, 0) is 19.4 Å². The molecule has 2 amide bonds. The Morgan fingerprint density at radius 1 is 1.28 bits per heavy atom. The fourth-order valence-electron chi connectivity index (χ4n) is 2.09. The fourth-order valence-corrected chi connectivity index (χ4v) is 3.68. The first-order chi connectivity index (χ1) is 8.35. The molecule has 0 saturated carbocycles. The molecular formula is C11H20N2O4S. The molecule has 0 aliphatic carbocycles. The van der Waals surface area contributed by atoms with Crippen molar-refractivity contribution in [3.63, 3.8) is 0 Å². The van der Waals surface area contributed by atoms with E-state index >= 15 is 0 Å². The number of hydrogen-bond donors (Lipinski definition) is 1. The molecule has 1 fully saturated rings. The Morgan fingerprint density at radius 2 is 1.83 bits per heavy atom. The molecule has 2 N–H and O–H groups in total. The lowest BCUT2D eigenvalue weighted by molar-refractivity contribution is -0.144. The molecule has 0 aromatic heterocycles. The van der Waals surface area contributed by atoms with Gasteiger partial charge in [-0.05, 0) is 18.8 Å². The van der Waals surface area contributed by atoms with Crippen LogP contribution in [0.25, 0.3) is 0 Å². The number of rotatable bonds is 4. The van der Waals surface area contributed by atoms with Gasteiger partial charge < -0.3 is 5.73 Å². The number of sulfone groups is 1. The molecule has 6 nitrogen and oxygen atoms in total. The summed E-state index contributed by atoms with van der Waals surface area (Å²) in [5, 5.41) is 0. The second-order valence-corrected chi connectivity index (χ2v) is 6.96. The minimum atomic E-state index is -2.91. The van der Waals surface area contributed by atoms with Crippen LogP contribution in [0.2, 0.25) is 0 Å². The van der Waals surface area contributed by atoms with Crippen LogP contribution in [0.1, 0.15) is 26.2 Å². The molecule has 18 heavy (non-hydrogen) atoms. The van der Waals surface area contributed by atoms with Crippen LogP contribution in [0.15, 0.2) is 0 Å². The summed E-state index contributed by atoms with van der Waals surface area (Å²) in [5.41, 5.74) is 5.35. The molecule has 0 atom stereocenters. The van der Waals surface area contributed by atoms with Gasteiger partial charge in [-0.1, -0.05) is 0 Å². The zero-order valence-corrected chi connectivity index (χ0v) is 11.4. The van der Waals surface area contributed by atoms with Crippen molar-refractivity contribution in [2.75, 3.05) is 24.6 Å². The van der Waals surface area contributed by atoms with Crippen LogP contribution in [0.5, 0.6) is 0 Å². The topological polar surface area (TPSA) is 97.5 Å². The summed E-state index contributed by atoms with van der Waals surface area (Å²) >= 11 is 0. The number of nitrogens with zero attached hydrogens (tertiary/aromatic N) is 1. The summed E-state index contributed by atoms with van der Waals surface area (Å²) < 4.78 is 22.5. The molecule has 1 rings (SSSR count). The van der Waals surface area contributed by atoms with Crippen LogP contribution in [-0.4, -0.2) is 49.7 Å². The molecule has 1 heterocycles. The Bertz CT molecular complexity index is 405. The molecule has 1 saturated heterocycles. The first kappa shape index (κ1) is 15.1. The van der Waals surface area contributed by atoms with E-state index < -0.39 is 9.84 Å². The van der Waals surface area contributed by atoms with Crippen molar-refractivity contribution in [1.82, 2.24) is 4.90 Å². The van der Waals surface area contributed by atoms with Crippen LogP contribution < -0.4 is 5.73 Å². The Morgan fingerprint density at radius 3 is 2.28 bits per heavy atom. The first-order valence-electron chi connectivity index (χ1n) is 6.07. The molecule has 1 aliphatic heterocycles. The van der Waals surface area contributed by atoms with E-state index in [2.05, 4.69) is 0 Å². The van der Waals surface area contributed by atoms with Crippen molar-refractivity contribution in [2.24, 2.45) is 11.7 Å². The van der Waals surface area contributed by atoms with Gasteiger partial charge in [0.2, 0.25) is 11.8 Å². The van der Waals surface area contributed by atoms with E-state index in [0.717, 1.165) is 4.90 Å². The average molecular weight is 276 g/mol. The van der Waals surface area contributed by atoms with Gasteiger partial charge in [-0.15, -0.1) is 0 Å². The van der Waals surface area contributed by atoms with Crippen LogP contribution >= 0.6 is 0 Å². The van der Waals surface area contributed by atoms with Gasteiger partial charge in [-0.2, -0.15) is 0 Å². The second-order valence-electron chi connectivity index (χ2n) is 4.65. The van der Waals surface area contributed by atoms with Gasteiger partial charge in [0.05, 0.1) is 11.5 Å². The molecule has 7 heteroatoms. The number of carbonyl (C=O) groups is 2. The van der Waals surface area contributed by atoms with Gasteiger partial charge in [0.15, 0.2) is 0 Å². The van der Waals surface area contributed by atoms with E-state index in [9.17, 15) is 18.0 Å². The minimum absolute atomic E-state index is 0.0562. The molecule has 0 spiro atoms. The average Bonchev–Trinajstić information content (AvgIpc) is 2.28. The van der Waals surface area contributed by atoms with E-state index in [1.54, 1.807) is 0 Å². The van der Waals surface area contributed by atoms with Gasteiger partial charge in [0.1, 0.15) is 9.84 Å². The van der Waals surface area contributed by atoms with Crippen molar-refractivity contribution in [2.45, 2.75) is 26.2 Å². The smallest absolute Gasteiger partial charge is 0.229 e. The summed E-state index contributed by atoms with van der Waals surface area (Å²) in [5.74, 6) is -0.226. The highest BCUT2D eigenvalue weighted by Gasteiger charge is 2.27. The Kier molecular flexibility index (Phi) is 5.28. The minimum Gasteiger partial charge on any atom is -0.329 e. The highest BCUT2D eigenvalue weighted by molar-refractivity contribution is 7.91. The van der Waals surface area contributed by atoms with Crippen molar-refractivity contribution in [3.8, 4) is 0 Å². The van der Waals surface area contributed by atoms with Gasteiger partial charge in [-0.25, -0.2) is 8.42 Å². The predicted octanol–water partition coefficient (Wildman–Crippen LogP) is -0.465. The Hall–Kier alpha value is -0.950. The fraction of sp³-hybridized carbons (Fsp3) is 0.818. The summed E-state index contributed by atoms with van der Waals surface area (Å²) in [7, 11) is -2.91. The number of hydrogen-bond acceptors (Lipinski definition) is 5. The van der Waals surface area contributed by atoms with Crippen molar-refractivity contribution in [1.29, 1.82) is 0 Å². The van der Waals surface area contributed by atoms with Crippen LogP contribution in [0.4, 0.5) is 0 Å². The lowest BCUT2D eigenvalue weighted by Crippen LogP contribution is -2.40. The largest absolute Gasteiger partial charge is 0.329 e. The maximum atomic E-state index is 11.9. The summed E-state index contributed by atoms with van der Waals surface area (Å²) in [6, 6.07) is 0. The van der Waals surface area contributed by atoms with Crippen molar-refractivity contribution >= 4 is 21.7 Å². The Labute approximate surface area is 107 Å². The van der Waals surface area contributed by atoms with E-state index in [-0.39, 0.29) is 48.7 Å². The third-order valence-corrected chi connectivity index (χ3v) is 4.89. The van der Waals surface area contributed by atoms with Crippen molar-refractivity contribution < 1.29 is 18.0 Å². The van der Waals surface area contributed by atoms with Crippen LogP contribution in [0.3, 0.4) is 0 Å². The maximum Gasteiger partial charge on any atom is 0.229 e. The van der Waals surface area contributed by atoms with Crippen molar-refractivity contribution in [3.05, 3.63) is 0 Å². The molecule has 0 radical (unpaired) electrons. The number of carbonyl (C=O) groups excluding carboxylic acids is 2. The lowest BCUT2D eigenvalue weighted by atomic mass is 9.98. The van der Waals surface area contributed by atoms with Gasteiger partial charge in [0, 0.05) is 26.4 Å². The number of amides is 2. The number of imide groups is 1. The molecule has 104 valence electrons. The number of nitrogens with two attached hydrogens (primary N) is 1.